The van der Waals surface area contributed by atoms with Crippen molar-refractivity contribution in [2.45, 2.75) is 31.4 Å². The third-order valence-corrected chi connectivity index (χ3v) is 5.41. The van der Waals surface area contributed by atoms with Crippen LogP contribution in [0.15, 0.2) is 36.7 Å². The Bertz CT molecular complexity index is 805. The first kappa shape index (κ1) is 23.2. The van der Waals surface area contributed by atoms with Gasteiger partial charge in [0, 0.05) is 38.6 Å². The van der Waals surface area contributed by atoms with Gasteiger partial charge >= 0.3 is 0 Å². The van der Waals surface area contributed by atoms with Crippen LogP contribution >= 0.6 is 0 Å². The molecule has 0 radical (unpaired) electrons. The van der Waals surface area contributed by atoms with Crippen molar-refractivity contribution >= 4 is 5.95 Å². The van der Waals surface area contributed by atoms with Gasteiger partial charge in [0.05, 0.1) is 25.9 Å². The number of benzene rings is 1. The molecule has 1 atom stereocenters. The smallest absolute Gasteiger partial charge is 0.225 e. The summed E-state index contributed by atoms with van der Waals surface area (Å²) in [5.41, 5.74) is 0.275. The van der Waals surface area contributed by atoms with E-state index in [1.165, 1.54) is 0 Å². The maximum atomic E-state index is 11.1. The second kappa shape index (κ2) is 11.3. The van der Waals surface area contributed by atoms with E-state index >= 15 is 0 Å². The van der Waals surface area contributed by atoms with Crippen LogP contribution in [-0.4, -0.2) is 79.6 Å². The zero-order valence-corrected chi connectivity index (χ0v) is 18.9. The summed E-state index contributed by atoms with van der Waals surface area (Å²) in [6, 6.07) is 7.78. The predicted octanol–water partition coefficient (Wildman–Crippen LogP) is 1.94. The van der Waals surface area contributed by atoms with Gasteiger partial charge in [-0.25, -0.2) is 9.97 Å². The minimum Gasteiger partial charge on any atom is -0.493 e. The highest BCUT2D eigenvalue weighted by Crippen LogP contribution is 2.28. The summed E-state index contributed by atoms with van der Waals surface area (Å²) in [5.74, 6) is 2.16. The van der Waals surface area contributed by atoms with E-state index in [4.69, 9.17) is 9.47 Å². The van der Waals surface area contributed by atoms with Crippen LogP contribution in [0.3, 0.4) is 0 Å². The van der Waals surface area contributed by atoms with Crippen LogP contribution in [0.25, 0.3) is 0 Å². The van der Waals surface area contributed by atoms with Gasteiger partial charge in [0.15, 0.2) is 11.5 Å². The van der Waals surface area contributed by atoms with Crippen LogP contribution in [0.4, 0.5) is 5.95 Å². The fraction of sp³-hybridized carbons (Fsp3) is 0.565. The number of methoxy groups -OCH3 is 1. The summed E-state index contributed by atoms with van der Waals surface area (Å²) in [7, 11) is 5.77. The Kier molecular flexibility index (Phi) is 8.45. The molecule has 8 nitrogen and oxygen atoms in total. The number of nitrogens with zero attached hydrogens (tertiary/aromatic N) is 4. The number of hydrogen-bond acceptors (Lipinski definition) is 8. The Morgan fingerprint density at radius 1 is 1.23 bits per heavy atom. The van der Waals surface area contributed by atoms with Crippen molar-refractivity contribution in [3.8, 4) is 11.5 Å². The third kappa shape index (κ3) is 7.05. The largest absolute Gasteiger partial charge is 0.493 e. The van der Waals surface area contributed by atoms with Gasteiger partial charge in [0.25, 0.3) is 0 Å². The summed E-state index contributed by atoms with van der Waals surface area (Å²) in [6.07, 6.45) is 6.09. The van der Waals surface area contributed by atoms with Crippen molar-refractivity contribution in [2.24, 2.45) is 0 Å². The number of hydrogen-bond donors (Lipinski definition) is 2. The van der Waals surface area contributed by atoms with Crippen LogP contribution < -0.4 is 19.7 Å². The molecule has 0 unspecified atom stereocenters. The van der Waals surface area contributed by atoms with Gasteiger partial charge in [-0.15, -0.1) is 0 Å². The molecule has 170 valence electrons. The SMILES string of the molecule is COc1cc(CNC[C@]2(O)CCCN(c3ncccn3)C2)ccc1OCCCN(C)C. The topological polar surface area (TPSA) is 83.0 Å². The molecule has 3 rings (SSSR count). The maximum absolute atomic E-state index is 11.1. The van der Waals surface area contributed by atoms with Gasteiger partial charge in [-0.1, -0.05) is 6.07 Å². The fourth-order valence-electron chi connectivity index (χ4n) is 3.83. The quantitative estimate of drug-likeness (QED) is 0.525. The fourth-order valence-corrected chi connectivity index (χ4v) is 3.83. The lowest BCUT2D eigenvalue weighted by Crippen LogP contribution is -2.53. The molecule has 1 fully saturated rings. The average Bonchev–Trinajstić information content (AvgIpc) is 2.77. The number of ether oxygens (including phenoxy) is 2. The van der Waals surface area contributed by atoms with Crippen molar-refractivity contribution in [1.29, 1.82) is 0 Å². The molecule has 1 aromatic carbocycles. The second-order valence-corrected chi connectivity index (χ2v) is 8.39. The number of aliphatic hydroxyl groups is 1. The van der Waals surface area contributed by atoms with Crippen LogP contribution in [0.2, 0.25) is 0 Å². The number of nitrogens with one attached hydrogen (secondary N) is 1. The average molecular weight is 430 g/mol. The Balaban J connectivity index is 1.50. The van der Waals surface area contributed by atoms with Gasteiger partial charge in [-0.05, 0) is 57.1 Å². The van der Waals surface area contributed by atoms with Crippen molar-refractivity contribution in [1.82, 2.24) is 20.2 Å². The van der Waals surface area contributed by atoms with Gasteiger partial charge in [-0.3, -0.25) is 0 Å². The van der Waals surface area contributed by atoms with E-state index in [0.29, 0.717) is 32.2 Å². The molecular formula is C23H35N5O3. The maximum Gasteiger partial charge on any atom is 0.225 e. The standard InChI is InChI=1S/C23H35N5O3/c1-27(2)12-6-14-31-20-8-7-19(15-21(20)30-3)16-24-17-23(29)9-4-13-28(18-23)22-25-10-5-11-26-22/h5,7-8,10-11,15,24,29H,4,6,9,12-14,16-18H2,1-3H3/t23-/m1/s1. The van der Waals surface area contributed by atoms with Gasteiger partial charge < -0.3 is 29.7 Å². The highest BCUT2D eigenvalue weighted by Gasteiger charge is 2.33. The molecular weight excluding hydrogens is 394 g/mol. The number of anilines is 1. The summed E-state index contributed by atoms with van der Waals surface area (Å²) in [5, 5.41) is 14.5. The van der Waals surface area contributed by atoms with E-state index < -0.39 is 5.60 Å². The molecule has 0 amide bonds. The molecule has 31 heavy (non-hydrogen) atoms. The van der Waals surface area contributed by atoms with Crippen molar-refractivity contribution in [2.75, 3.05) is 58.9 Å². The van der Waals surface area contributed by atoms with E-state index in [-0.39, 0.29) is 0 Å². The highest BCUT2D eigenvalue weighted by molar-refractivity contribution is 5.43. The zero-order chi connectivity index (χ0) is 22.1. The highest BCUT2D eigenvalue weighted by atomic mass is 16.5. The minimum absolute atomic E-state index is 0.501. The normalized spacial score (nSPS) is 18.9. The molecule has 2 N–H and O–H groups in total. The molecule has 0 saturated carbocycles. The second-order valence-electron chi connectivity index (χ2n) is 8.39. The molecule has 1 aromatic heterocycles. The molecule has 2 aromatic rings. The first-order chi connectivity index (χ1) is 15.0. The van der Waals surface area contributed by atoms with Crippen LogP contribution in [0, 0.1) is 0 Å². The predicted molar refractivity (Wildman–Crippen MR) is 122 cm³/mol. The number of aromatic nitrogens is 2. The molecule has 1 aliphatic rings. The lowest BCUT2D eigenvalue weighted by molar-refractivity contribution is 0.0256. The Labute approximate surface area is 185 Å². The Morgan fingerprint density at radius 3 is 2.77 bits per heavy atom. The summed E-state index contributed by atoms with van der Waals surface area (Å²) >= 11 is 0. The van der Waals surface area contributed by atoms with E-state index in [1.54, 1.807) is 25.6 Å². The van der Waals surface area contributed by atoms with Gasteiger partial charge in [0.2, 0.25) is 5.95 Å². The van der Waals surface area contributed by atoms with Gasteiger partial charge in [-0.2, -0.15) is 0 Å². The monoisotopic (exact) mass is 429 g/mol. The first-order valence-electron chi connectivity index (χ1n) is 10.9. The Hall–Kier alpha value is -2.42. The summed E-state index contributed by atoms with van der Waals surface area (Å²) in [6.45, 7) is 4.16. The van der Waals surface area contributed by atoms with E-state index in [0.717, 1.165) is 49.4 Å². The Morgan fingerprint density at radius 2 is 2.03 bits per heavy atom. The zero-order valence-electron chi connectivity index (χ0n) is 18.9. The van der Waals surface area contributed by atoms with Crippen molar-refractivity contribution < 1.29 is 14.6 Å². The van der Waals surface area contributed by atoms with Crippen molar-refractivity contribution in [3.05, 3.63) is 42.2 Å². The number of rotatable bonds is 11. The lowest BCUT2D eigenvalue weighted by atomic mass is 9.93. The summed E-state index contributed by atoms with van der Waals surface area (Å²) in [4.78, 5) is 12.8. The molecule has 0 bridgehead atoms. The third-order valence-electron chi connectivity index (χ3n) is 5.41. The van der Waals surface area contributed by atoms with E-state index in [2.05, 4.69) is 39.2 Å². The molecule has 1 aliphatic heterocycles. The summed E-state index contributed by atoms with van der Waals surface area (Å²) < 4.78 is 11.4. The van der Waals surface area contributed by atoms with E-state index in [1.807, 2.05) is 18.2 Å². The van der Waals surface area contributed by atoms with Crippen LogP contribution in [0.5, 0.6) is 11.5 Å². The van der Waals surface area contributed by atoms with Gasteiger partial charge in [0.1, 0.15) is 0 Å². The first-order valence-corrected chi connectivity index (χ1v) is 10.9. The molecule has 0 spiro atoms. The molecule has 8 heteroatoms. The van der Waals surface area contributed by atoms with E-state index in [9.17, 15) is 5.11 Å². The van der Waals surface area contributed by atoms with Crippen molar-refractivity contribution in [3.63, 3.8) is 0 Å². The minimum atomic E-state index is -0.809. The van der Waals surface area contributed by atoms with Crippen LogP contribution in [0.1, 0.15) is 24.8 Å². The van der Waals surface area contributed by atoms with Crippen LogP contribution in [-0.2, 0) is 6.54 Å². The number of β-amino-alcohol motifs (C(OH)–C–C–N with tert-alkyl or cyclic N) is 1. The molecule has 0 aliphatic carbocycles. The molecule has 2 heterocycles. The lowest BCUT2D eigenvalue weighted by Gasteiger charge is -2.39. The number of piperidine rings is 1. The molecule has 1 saturated heterocycles.